The Balaban J connectivity index is 2.43. The number of carbonyl (C=O) groups is 1. The maximum absolute atomic E-state index is 11.7. The fourth-order valence-electron chi connectivity index (χ4n) is 2.64. The molecule has 1 saturated carbocycles. The normalized spacial score (nSPS) is 21.4. The molecule has 0 heterocycles. The number of aryl methyl sites for hydroxylation is 1. The molecule has 1 unspecified atom stereocenters. The second-order valence-corrected chi connectivity index (χ2v) is 5.47. The van der Waals surface area contributed by atoms with Gasteiger partial charge in [-0.2, -0.15) is 0 Å². The smallest absolute Gasteiger partial charge is 0.161 e. The third-order valence-corrected chi connectivity index (χ3v) is 4.13. The van der Waals surface area contributed by atoms with Crippen LogP contribution in [0.2, 0.25) is 0 Å². The number of hydrogen-bond donors (Lipinski definition) is 0. The van der Waals surface area contributed by atoms with E-state index < -0.39 is 0 Å². The fourth-order valence-corrected chi connectivity index (χ4v) is 2.64. The van der Waals surface area contributed by atoms with Gasteiger partial charge in [-0.05, 0) is 30.2 Å². The summed E-state index contributed by atoms with van der Waals surface area (Å²) in [5, 5.41) is 0. The van der Waals surface area contributed by atoms with Gasteiger partial charge in [0.2, 0.25) is 0 Å². The molecule has 0 amide bonds. The second-order valence-electron chi connectivity index (χ2n) is 5.47. The van der Waals surface area contributed by atoms with E-state index in [9.17, 15) is 4.79 Å². The lowest BCUT2D eigenvalue weighted by atomic mass is 9.58. The third kappa shape index (κ3) is 1.78. The van der Waals surface area contributed by atoms with E-state index in [-0.39, 0.29) is 11.3 Å². The first-order chi connectivity index (χ1) is 8.41. The highest BCUT2D eigenvalue weighted by atomic mass is 16.5. The lowest BCUT2D eigenvalue weighted by Gasteiger charge is -2.43. The molecular weight excluding hydrogens is 228 g/mol. The maximum atomic E-state index is 11.7. The molecule has 1 aromatic carbocycles. The number of ketones is 1. The van der Waals surface area contributed by atoms with Crippen LogP contribution in [-0.2, 0) is 4.79 Å². The average molecular weight is 248 g/mol. The van der Waals surface area contributed by atoms with E-state index in [4.69, 9.17) is 9.47 Å². The van der Waals surface area contributed by atoms with Crippen molar-refractivity contribution in [3.63, 3.8) is 0 Å². The van der Waals surface area contributed by atoms with Crippen LogP contribution >= 0.6 is 0 Å². The van der Waals surface area contributed by atoms with Crippen molar-refractivity contribution in [1.29, 1.82) is 0 Å². The monoisotopic (exact) mass is 248 g/mol. The van der Waals surface area contributed by atoms with E-state index in [1.54, 1.807) is 14.2 Å². The topological polar surface area (TPSA) is 35.5 Å². The van der Waals surface area contributed by atoms with Gasteiger partial charge in [-0.25, -0.2) is 0 Å². The van der Waals surface area contributed by atoms with Crippen LogP contribution in [-0.4, -0.2) is 20.0 Å². The van der Waals surface area contributed by atoms with Gasteiger partial charge in [0.15, 0.2) is 11.5 Å². The molecule has 0 radical (unpaired) electrons. The molecule has 1 aliphatic rings. The molecule has 0 spiro atoms. The van der Waals surface area contributed by atoms with Gasteiger partial charge in [-0.1, -0.05) is 13.8 Å². The summed E-state index contributed by atoms with van der Waals surface area (Å²) in [5.41, 5.74) is 2.08. The number of Topliss-reactive ketones (excluding diaryl/α,β-unsaturated/α-hetero) is 1. The predicted molar refractivity (Wildman–Crippen MR) is 70.4 cm³/mol. The highest BCUT2D eigenvalue weighted by Gasteiger charge is 2.48. The van der Waals surface area contributed by atoms with Crippen LogP contribution in [0, 0.1) is 12.3 Å². The molecule has 0 aliphatic heterocycles. The summed E-state index contributed by atoms with van der Waals surface area (Å²) in [6.45, 7) is 6.08. The molecule has 98 valence electrons. The van der Waals surface area contributed by atoms with Crippen LogP contribution in [0.15, 0.2) is 12.1 Å². The van der Waals surface area contributed by atoms with E-state index in [2.05, 4.69) is 6.92 Å². The van der Waals surface area contributed by atoms with E-state index in [1.165, 1.54) is 5.56 Å². The summed E-state index contributed by atoms with van der Waals surface area (Å²) in [6.07, 6.45) is 0.628. The van der Waals surface area contributed by atoms with Crippen molar-refractivity contribution in [3.8, 4) is 11.5 Å². The SMILES string of the molecule is COc1cc(C)c(C2CC(=O)C2(C)C)cc1OC. The Kier molecular flexibility index (Phi) is 3.09. The molecule has 1 atom stereocenters. The number of benzene rings is 1. The Labute approximate surface area is 108 Å². The summed E-state index contributed by atoms with van der Waals surface area (Å²) in [7, 11) is 3.27. The van der Waals surface area contributed by atoms with E-state index in [1.807, 2.05) is 26.0 Å². The zero-order valence-corrected chi connectivity index (χ0v) is 11.7. The summed E-state index contributed by atoms with van der Waals surface area (Å²) in [4.78, 5) is 11.7. The van der Waals surface area contributed by atoms with Crippen molar-refractivity contribution in [2.45, 2.75) is 33.1 Å². The van der Waals surface area contributed by atoms with Gasteiger partial charge in [0.05, 0.1) is 14.2 Å². The third-order valence-electron chi connectivity index (χ3n) is 4.13. The van der Waals surface area contributed by atoms with Crippen LogP contribution in [0.5, 0.6) is 11.5 Å². The molecule has 0 N–H and O–H groups in total. The largest absolute Gasteiger partial charge is 0.493 e. The van der Waals surface area contributed by atoms with Crippen LogP contribution in [0.25, 0.3) is 0 Å². The first-order valence-electron chi connectivity index (χ1n) is 6.17. The number of hydrogen-bond acceptors (Lipinski definition) is 3. The number of ether oxygens (including phenoxy) is 2. The molecule has 0 saturated heterocycles. The van der Waals surface area contributed by atoms with Crippen molar-refractivity contribution in [2.24, 2.45) is 5.41 Å². The minimum Gasteiger partial charge on any atom is -0.493 e. The molecule has 0 aromatic heterocycles. The van der Waals surface area contributed by atoms with Gasteiger partial charge in [-0.15, -0.1) is 0 Å². The van der Waals surface area contributed by atoms with Gasteiger partial charge in [0.1, 0.15) is 5.78 Å². The highest BCUT2D eigenvalue weighted by molar-refractivity contribution is 5.92. The zero-order valence-electron chi connectivity index (χ0n) is 11.7. The molecule has 18 heavy (non-hydrogen) atoms. The lowest BCUT2D eigenvalue weighted by Crippen LogP contribution is -2.43. The van der Waals surface area contributed by atoms with Gasteiger partial charge in [0.25, 0.3) is 0 Å². The Morgan fingerprint density at radius 2 is 1.72 bits per heavy atom. The van der Waals surface area contributed by atoms with Crippen molar-refractivity contribution in [2.75, 3.05) is 14.2 Å². The summed E-state index contributed by atoms with van der Waals surface area (Å²) >= 11 is 0. The van der Waals surface area contributed by atoms with Gasteiger partial charge < -0.3 is 9.47 Å². The van der Waals surface area contributed by atoms with Crippen LogP contribution in [0.1, 0.15) is 37.3 Å². The Hall–Kier alpha value is -1.51. The minimum absolute atomic E-state index is 0.260. The molecule has 3 nitrogen and oxygen atoms in total. The van der Waals surface area contributed by atoms with Crippen molar-refractivity contribution < 1.29 is 14.3 Å². The van der Waals surface area contributed by atoms with Crippen molar-refractivity contribution in [1.82, 2.24) is 0 Å². The number of rotatable bonds is 3. The van der Waals surface area contributed by atoms with Crippen molar-refractivity contribution in [3.05, 3.63) is 23.3 Å². The minimum atomic E-state index is -0.260. The van der Waals surface area contributed by atoms with Crippen LogP contribution < -0.4 is 9.47 Å². The molecule has 1 fully saturated rings. The maximum Gasteiger partial charge on any atom is 0.161 e. The summed E-state index contributed by atoms with van der Waals surface area (Å²) in [6, 6.07) is 3.99. The summed E-state index contributed by atoms with van der Waals surface area (Å²) in [5.74, 6) is 2.09. The summed E-state index contributed by atoms with van der Waals surface area (Å²) < 4.78 is 10.6. The lowest BCUT2D eigenvalue weighted by molar-refractivity contribution is -0.137. The first-order valence-corrected chi connectivity index (χ1v) is 6.17. The molecule has 0 bridgehead atoms. The fraction of sp³-hybridized carbons (Fsp3) is 0.533. The van der Waals surface area contributed by atoms with Gasteiger partial charge >= 0.3 is 0 Å². The highest BCUT2D eigenvalue weighted by Crippen LogP contribution is 2.51. The molecule has 3 heteroatoms. The Morgan fingerprint density at radius 1 is 1.17 bits per heavy atom. The standard InChI is InChI=1S/C15H20O3/c1-9-6-12(17-4)13(18-5)7-10(9)11-8-14(16)15(11,2)3/h6-7,11H,8H2,1-5H3. The Bertz CT molecular complexity index is 489. The number of carbonyl (C=O) groups excluding carboxylic acids is 1. The molecule has 1 aromatic rings. The second kappa shape index (κ2) is 4.30. The quantitative estimate of drug-likeness (QED) is 0.824. The molecular formula is C15H20O3. The first kappa shape index (κ1) is 12.9. The predicted octanol–water partition coefficient (Wildman–Crippen LogP) is 3.09. The van der Waals surface area contributed by atoms with Crippen molar-refractivity contribution >= 4 is 5.78 Å². The molecule has 1 aliphatic carbocycles. The van der Waals surface area contributed by atoms with Gasteiger partial charge in [0, 0.05) is 17.8 Å². The van der Waals surface area contributed by atoms with Gasteiger partial charge in [-0.3, -0.25) is 4.79 Å². The number of methoxy groups -OCH3 is 2. The molecule has 2 rings (SSSR count). The average Bonchev–Trinajstić information content (AvgIpc) is 2.36. The Morgan fingerprint density at radius 3 is 2.17 bits per heavy atom. The van der Waals surface area contributed by atoms with Crippen LogP contribution in [0.4, 0.5) is 0 Å². The van der Waals surface area contributed by atoms with E-state index >= 15 is 0 Å². The van der Waals surface area contributed by atoms with E-state index in [0.29, 0.717) is 12.2 Å². The van der Waals surface area contributed by atoms with Crippen LogP contribution in [0.3, 0.4) is 0 Å². The van der Waals surface area contributed by atoms with E-state index in [0.717, 1.165) is 17.1 Å². The zero-order chi connectivity index (χ0) is 13.5.